The Bertz CT molecular complexity index is 675. The molecule has 0 N–H and O–H groups in total. The van der Waals surface area contributed by atoms with E-state index in [1.807, 2.05) is 20.8 Å². The highest BCUT2D eigenvalue weighted by molar-refractivity contribution is 6.99. The van der Waals surface area contributed by atoms with E-state index in [4.69, 9.17) is 14.2 Å². The number of aromatic nitrogens is 2. The van der Waals surface area contributed by atoms with E-state index < -0.39 is 11.8 Å². The SMILES string of the molecule is CCCCCCOc1nsnc1C1=CCC[N+](C)(COC(=O)OC(C)(C)C)C1.[Cl-]. The van der Waals surface area contributed by atoms with E-state index in [0.29, 0.717) is 23.5 Å². The third-order valence-electron chi connectivity index (χ3n) is 4.49. The topological polar surface area (TPSA) is 70.5 Å². The van der Waals surface area contributed by atoms with Crippen LogP contribution in [0.2, 0.25) is 0 Å². The second kappa shape index (κ2) is 11.7. The van der Waals surface area contributed by atoms with Gasteiger partial charge >= 0.3 is 6.16 Å². The minimum Gasteiger partial charge on any atom is -1.00 e. The van der Waals surface area contributed by atoms with Crippen molar-refractivity contribution in [3.8, 4) is 5.88 Å². The normalized spacial score (nSPS) is 19.1. The molecule has 0 fully saturated rings. The average Bonchev–Trinajstić information content (AvgIpc) is 3.07. The number of carbonyl (C=O) groups is 1. The summed E-state index contributed by atoms with van der Waals surface area (Å²) in [6.07, 6.45) is 7.08. The molecular weight excluding hydrogens is 414 g/mol. The summed E-state index contributed by atoms with van der Waals surface area (Å²) in [5, 5.41) is 0. The molecule has 1 unspecified atom stereocenters. The van der Waals surface area contributed by atoms with Crippen molar-refractivity contribution in [3.63, 3.8) is 0 Å². The molecule has 0 aliphatic carbocycles. The molecule has 0 saturated heterocycles. The molecule has 1 atom stereocenters. The number of carbonyl (C=O) groups excluding carboxylic acids is 1. The van der Waals surface area contributed by atoms with Crippen molar-refractivity contribution < 1.29 is 35.9 Å². The summed E-state index contributed by atoms with van der Waals surface area (Å²) in [4.78, 5) is 11.9. The van der Waals surface area contributed by atoms with Gasteiger partial charge in [0.25, 0.3) is 5.88 Å². The van der Waals surface area contributed by atoms with Gasteiger partial charge in [-0.25, -0.2) is 4.79 Å². The molecule has 7 nitrogen and oxygen atoms in total. The third kappa shape index (κ3) is 8.88. The Kier molecular flexibility index (Phi) is 10.4. The Labute approximate surface area is 184 Å². The van der Waals surface area contributed by atoms with Gasteiger partial charge in [-0.1, -0.05) is 32.3 Å². The molecule has 2 rings (SSSR count). The lowest BCUT2D eigenvalue weighted by Gasteiger charge is -2.36. The van der Waals surface area contributed by atoms with Crippen LogP contribution in [-0.4, -0.2) is 58.5 Å². The zero-order chi connectivity index (χ0) is 20.6. The highest BCUT2D eigenvalue weighted by Crippen LogP contribution is 2.30. The van der Waals surface area contributed by atoms with E-state index in [0.717, 1.165) is 30.7 Å². The van der Waals surface area contributed by atoms with Crippen molar-refractivity contribution in [1.82, 2.24) is 8.75 Å². The van der Waals surface area contributed by atoms with E-state index in [1.165, 1.54) is 31.0 Å². The summed E-state index contributed by atoms with van der Waals surface area (Å²) >= 11 is 1.17. The van der Waals surface area contributed by atoms with Gasteiger partial charge in [-0.2, -0.15) is 4.37 Å². The van der Waals surface area contributed by atoms with Gasteiger partial charge in [0, 0.05) is 12.0 Å². The molecule has 0 saturated carbocycles. The average molecular weight is 448 g/mol. The smallest absolute Gasteiger partial charge is 0.513 e. The van der Waals surface area contributed by atoms with E-state index >= 15 is 0 Å². The largest absolute Gasteiger partial charge is 1.00 e. The van der Waals surface area contributed by atoms with Gasteiger partial charge in [0.15, 0.2) is 0 Å². The highest BCUT2D eigenvalue weighted by atomic mass is 35.5. The molecule has 0 bridgehead atoms. The highest BCUT2D eigenvalue weighted by Gasteiger charge is 2.32. The van der Waals surface area contributed by atoms with Crippen molar-refractivity contribution in [3.05, 3.63) is 11.8 Å². The maximum absolute atomic E-state index is 11.9. The van der Waals surface area contributed by atoms with Gasteiger partial charge in [-0.3, -0.25) is 4.48 Å². The van der Waals surface area contributed by atoms with Gasteiger partial charge in [-0.15, -0.1) is 4.37 Å². The van der Waals surface area contributed by atoms with Gasteiger partial charge in [-0.05, 0) is 27.2 Å². The van der Waals surface area contributed by atoms with E-state index in [9.17, 15) is 4.79 Å². The minimum atomic E-state index is -0.630. The van der Waals surface area contributed by atoms with Gasteiger partial charge < -0.3 is 26.6 Å². The number of rotatable bonds is 9. The van der Waals surface area contributed by atoms with Crippen LogP contribution in [0, 0.1) is 0 Å². The van der Waals surface area contributed by atoms with E-state index in [2.05, 4.69) is 28.8 Å². The van der Waals surface area contributed by atoms with Crippen molar-refractivity contribution in [2.75, 3.05) is 33.5 Å². The molecule has 0 aromatic carbocycles. The Morgan fingerprint density at radius 1 is 1.24 bits per heavy atom. The molecule has 1 aromatic heterocycles. The number of hydrogen-bond donors (Lipinski definition) is 0. The van der Waals surface area contributed by atoms with Crippen molar-refractivity contribution in [2.24, 2.45) is 0 Å². The summed E-state index contributed by atoms with van der Waals surface area (Å²) in [5.41, 5.74) is 1.36. The molecule has 0 amide bonds. The van der Waals surface area contributed by atoms with E-state index in [1.54, 1.807) is 0 Å². The molecule has 2 heterocycles. The number of quaternary nitrogens is 1. The molecule has 166 valence electrons. The van der Waals surface area contributed by atoms with Gasteiger partial charge in [0.1, 0.15) is 17.8 Å². The number of unbranched alkanes of at least 4 members (excludes halogenated alkanes) is 3. The zero-order valence-corrected chi connectivity index (χ0v) is 19.8. The lowest BCUT2D eigenvalue weighted by atomic mass is 10.1. The van der Waals surface area contributed by atoms with Gasteiger partial charge in [0.05, 0.1) is 31.9 Å². The third-order valence-corrected chi connectivity index (χ3v) is 5.01. The quantitative estimate of drug-likeness (QED) is 0.325. The number of halogens is 1. The summed E-state index contributed by atoms with van der Waals surface area (Å²) in [6, 6.07) is 0. The minimum absolute atomic E-state index is 0. The summed E-state index contributed by atoms with van der Waals surface area (Å²) in [5.74, 6) is 0.620. The molecule has 1 aromatic rings. The molecule has 0 radical (unpaired) electrons. The second-order valence-corrected chi connectivity index (χ2v) is 9.11. The second-order valence-electron chi connectivity index (χ2n) is 8.58. The first kappa shape index (κ1) is 25.7. The summed E-state index contributed by atoms with van der Waals surface area (Å²) < 4.78 is 25.9. The van der Waals surface area contributed by atoms with Crippen LogP contribution in [0.25, 0.3) is 5.57 Å². The molecular formula is C20H34ClN3O4S. The fraction of sp³-hybridized carbons (Fsp3) is 0.750. The number of ether oxygens (including phenoxy) is 3. The predicted octanol–water partition coefficient (Wildman–Crippen LogP) is 1.64. The van der Waals surface area contributed by atoms with Crippen LogP contribution in [0.4, 0.5) is 4.79 Å². The van der Waals surface area contributed by atoms with Crippen LogP contribution in [0.1, 0.15) is 65.5 Å². The van der Waals surface area contributed by atoms with Crippen molar-refractivity contribution in [1.29, 1.82) is 0 Å². The fourth-order valence-corrected chi connectivity index (χ4v) is 3.58. The predicted molar refractivity (Wildman–Crippen MR) is 110 cm³/mol. The lowest BCUT2D eigenvalue weighted by Crippen LogP contribution is -3.00. The van der Waals surface area contributed by atoms with Crippen LogP contribution in [0.5, 0.6) is 5.88 Å². The molecule has 29 heavy (non-hydrogen) atoms. The van der Waals surface area contributed by atoms with Crippen LogP contribution in [0.3, 0.4) is 0 Å². The molecule has 0 spiro atoms. The Balaban J connectivity index is 0.00000420. The fourth-order valence-electron chi connectivity index (χ4n) is 3.04. The van der Waals surface area contributed by atoms with Crippen LogP contribution in [0.15, 0.2) is 6.08 Å². The Hall–Kier alpha value is -1.38. The molecule has 1 aliphatic heterocycles. The standard InChI is InChI=1S/C20H34N3O4S.ClH/c1-6-7-8-9-13-25-18-17(21-28-22-18)16-11-10-12-23(5,14-16)15-26-19(24)27-20(2,3)4;/h11H,6-10,12-15H2,1-5H3;1H/q+1;/p-1. The van der Waals surface area contributed by atoms with E-state index in [-0.39, 0.29) is 19.1 Å². The first-order valence-corrected chi connectivity index (χ1v) is 10.8. The van der Waals surface area contributed by atoms with Crippen molar-refractivity contribution in [2.45, 2.75) is 65.4 Å². The molecule has 1 aliphatic rings. The van der Waals surface area contributed by atoms with Crippen LogP contribution in [-0.2, 0) is 9.47 Å². The zero-order valence-electron chi connectivity index (χ0n) is 18.2. The van der Waals surface area contributed by atoms with Crippen molar-refractivity contribution >= 4 is 23.5 Å². The maximum atomic E-state index is 11.9. The number of nitrogens with zero attached hydrogens (tertiary/aromatic N) is 3. The maximum Gasteiger partial charge on any atom is 0.513 e. The number of likely N-dealkylation sites (N-methyl/N-ethyl adjacent to an activating group) is 1. The van der Waals surface area contributed by atoms with Crippen LogP contribution < -0.4 is 17.1 Å². The number of hydrogen-bond acceptors (Lipinski definition) is 7. The monoisotopic (exact) mass is 447 g/mol. The Morgan fingerprint density at radius 3 is 2.69 bits per heavy atom. The molecule has 9 heteroatoms. The lowest BCUT2D eigenvalue weighted by molar-refractivity contribution is -0.919. The first-order valence-electron chi connectivity index (χ1n) is 10.1. The van der Waals surface area contributed by atoms with Crippen LogP contribution >= 0.6 is 11.7 Å². The summed E-state index contributed by atoms with van der Waals surface area (Å²) in [6.45, 7) is 10.2. The van der Waals surface area contributed by atoms with Gasteiger partial charge in [0.2, 0.25) is 6.73 Å². The summed E-state index contributed by atoms with van der Waals surface area (Å²) in [7, 11) is 2.07. The Morgan fingerprint density at radius 2 is 2.00 bits per heavy atom. The first-order chi connectivity index (χ1) is 13.2.